The maximum Gasteiger partial charge on any atom is 0.225 e. The van der Waals surface area contributed by atoms with Gasteiger partial charge in [0.2, 0.25) is 5.95 Å². The third-order valence-electron chi connectivity index (χ3n) is 3.85. The Kier molecular flexibility index (Phi) is 4.98. The Morgan fingerprint density at radius 2 is 2.13 bits per heavy atom. The van der Waals surface area contributed by atoms with Gasteiger partial charge in [0, 0.05) is 39.9 Å². The van der Waals surface area contributed by atoms with Crippen LogP contribution in [0.4, 0.5) is 5.95 Å². The fourth-order valence-corrected chi connectivity index (χ4v) is 2.85. The van der Waals surface area contributed by atoms with Crippen LogP contribution < -0.4 is 9.64 Å². The number of aromatic nitrogens is 2. The molecule has 2 heterocycles. The summed E-state index contributed by atoms with van der Waals surface area (Å²) in [7, 11) is 3.89. The van der Waals surface area contributed by atoms with Crippen molar-refractivity contribution in [3.8, 4) is 5.75 Å². The van der Waals surface area contributed by atoms with Gasteiger partial charge in [0.05, 0.1) is 10.7 Å². The van der Waals surface area contributed by atoms with Gasteiger partial charge in [-0.05, 0) is 24.6 Å². The highest BCUT2D eigenvalue weighted by molar-refractivity contribution is 6.32. The third kappa shape index (κ3) is 4.12. The molecule has 2 aromatic rings. The predicted molar refractivity (Wildman–Crippen MR) is 92.1 cm³/mol. The number of anilines is 1. The van der Waals surface area contributed by atoms with Crippen molar-refractivity contribution in [1.29, 1.82) is 0 Å². The number of hydrogen-bond acceptors (Lipinski definition) is 5. The molecule has 0 radical (unpaired) electrons. The normalized spacial score (nSPS) is 18.1. The van der Waals surface area contributed by atoms with Crippen molar-refractivity contribution in [3.05, 3.63) is 47.2 Å². The van der Waals surface area contributed by atoms with Crippen molar-refractivity contribution in [1.82, 2.24) is 14.9 Å². The molecule has 23 heavy (non-hydrogen) atoms. The van der Waals surface area contributed by atoms with Crippen LogP contribution in [0.5, 0.6) is 5.75 Å². The van der Waals surface area contributed by atoms with Gasteiger partial charge in [-0.2, -0.15) is 0 Å². The molecule has 0 amide bonds. The number of para-hydroxylation sites is 1. The first kappa shape index (κ1) is 16.0. The second-order valence-electron chi connectivity index (χ2n) is 5.94. The summed E-state index contributed by atoms with van der Waals surface area (Å²) in [4.78, 5) is 13.1. The minimum absolute atomic E-state index is 0.171. The summed E-state index contributed by atoms with van der Waals surface area (Å²) in [5.74, 6) is 1.50. The molecule has 0 N–H and O–H groups in total. The van der Waals surface area contributed by atoms with Crippen LogP contribution in [0.2, 0.25) is 5.02 Å². The Hall–Kier alpha value is -1.85. The Bertz CT molecular complexity index is 665. The first-order valence-corrected chi connectivity index (χ1v) is 8.12. The molecule has 1 aliphatic heterocycles. The number of benzene rings is 1. The molecule has 1 unspecified atom stereocenters. The highest BCUT2D eigenvalue weighted by atomic mass is 35.5. The lowest BCUT2D eigenvalue weighted by Gasteiger charge is -2.18. The van der Waals surface area contributed by atoms with Crippen LogP contribution in [0, 0.1) is 0 Å². The summed E-state index contributed by atoms with van der Waals surface area (Å²) in [6.07, 6.45) is 2.98. The molecule has 1 aromatic carbocycles. The minimum atomic E-state index is 0.171. The second kappa shape index (κ2) is 7.15. The van der Waals surface area contributed by atoms with E-state index < -0.39 is 0 Å². The molecule has 1 atom stereocenters. The van der Waals surface area contributed by atoms with E-state index in [4.69, 9.17) is 16.3 Å². The molecule has 0 spiro atoms. The molecule has 1 aromatic heterocycles. The van der Waals surface area contributed by atoms with Crippen LogP contribution >= 0.6 is 11.6 Å². The van der Waals surface area contributed by atoms with Gasteiger partial charge in [-0.15, -0.1) is 0 Å². The molecule has 122 valence electrons. The molecule has 1 fully saturated rings. The van der Waals surface area contributed by atoms with E-state index in [0.29, 0.717) is 5.02 Å². The zero-order valence-electron chi connectivity index (χ0n) is 13.4. The molecular weight excluding hydrogens is 312 g/mol. The molecule has 0 saturated carbocycles. The predicted octanol–water partition coefficient (Wildman–Crippen LogP) is 2.85. The number of rotatable bonds is 5. The Labute approximate surface area is 141 Å². The number of nitrogens with zero attached hydrogens (tertiary/aromatic N) is 4. The smallest absolute Gasteiger partial charge is 0.225 e. The largest absolute Gasteiger partial charge is 0.487 e. The van der Waals surface area contributed by atoms with E-state index >= 15 is 0 Å². The SMILES string of the molecule is CN(C)c1nccc(CN2CCC(Oc3ccccc3Cl)C2)n1. The fourth-order valence-electron chi connectivity index (χ4n) is 2.67. The molecular formula is C17H21ClN4O. The van der Waals surface area contributed by atoms with Crippen LogP contribution in [0.1, 0.15) is 12.1 Å². The zero-order valence-corrected chi connectivity index (χ0v) is 14.2. The van der Waals surface area contributed by atoms with Gasteiger partial charge in [-0.3, -0.25) is 4.90 Å². The summed E-state index contributed by atoms with van der Waals surface area (Å²) in [5, 5.41) is 0.664. The van der Waals surface area contributed by atoms with Crippen molar-refractivity contribution < 1.29 is 4.74 Å². The summed E-state index contributed by atoms with van der Waals surface area (Å²) in [5.41, 5.74) is 1.03. The summed E-state index contributed by atoms with van der Waals surface area (Å²) in [6, 6.07) is 9.59. The van der Waals surface area contributed by atoms with Crippen LogP contribution in [-0.2, 0) is 6.54 Å². The monoisotopic (exact) mass is 332 g/mol. The van der Waals surface area contributed by atoms with Crippen molar-refractivity contribution in [2.45, 2.75) is 19.1 Å². The van der Waals surface area contributed by atoms with Gasteiger partial charge in [-0.25, -0.2) is 9.97 Å². The summed E-state index contributed by atoms with van der Waals surface area (Å²) >= 11 is 6.16. The first-order chi connectivity index (χ1) is 11.1. The van der Waals surface area contributed by atoms with Crippen molar-refractivity contribution in [3.63, 3.8) is 0 Å². The third-order valence-corrected chi connectivity index (χ3v) is 4.16. The maximum absolute atomic E-state index is 6.16. The molecule has 6 heteroatoms. The Balaban J connectivity index is 1.58. The quantitative estimate of drug-likeness (QED) is 0.842. The molecule has 3 rings (SSSR count). The Morgan fingerprint density at radius 3 is 2.91 bits per heavy atom. The van der Waals surface area contributed by atoms with E-state index in [1.807, 2.05) is 55.5 Å². The lowest BCUT2D eigenvalue weighted by atomic mass is 10.3. The van der Waals surface area contributed by atoms with Crippen LogP contribution in [0.25, 0.3) is 0 Å². The van der Waals surface area contributed by atoms with E-state index in [9.17, 15) is 0 Å². The van der Waals surface area contributed by atoms with E-state index in [2.05, 4.69) is 14.9 Å². The van der Waals surface area contributed by atoms with Crippen LogP contribution in [-0.4, -0.2) is 48.2 Å². The summed E-state index contributed by atoms with van der Waals surface area (Å²) in [6.45, 7) is 2.69. The zero-order chi connectivity index (χ0) is 16.2. The van der Waals surface area contributed by atoms with Crippen LogP contribution in [0.3, 0.4) is 0 Å². The molecule has 0 aliphatic carbocycles. The van der Waals surface area contributed by atoms with E-state index in [1.165, 1.54) is 0 Å². The van der Waals surface area contributed by atoms with Gasteiger partial charge in [0.1, 0.15) is 11.9 Å². The lowest BCUT2D eigenvalue weighted by Crippen LogP contribution is -2.25. The van der Waals surface area contributed by atoms with Crippen LogP contribution in [0.15, 0.2) is 36.5 Å². The minimum Gasteiger partial charge on any atom is -0.487 e. The van der Waals surface area contributed by atoms with E-state index in [1.54, 1.807) is 0 Å². The number of halogens is 1. The van der Waals surface area contributed by atoms with Gasteiger partial charge in [0.25, 0.3) is 0 Å². The highest BCUT2D eigenvalue weighted by Gasteiger charge is 2.25. The number of hydrogen-bond donors (Lipinski definition) is 0. The second-order valence-corrected chi connectivity index (χ2v) is 6.34. The average molecular weight is 333 g/mol. The number of likely N-dealkylation sites (tertiary alicyclic amines) is 1. The standard InChI is InChI=1S/C17H21ClN4O/c1-21(2)17-19-9-7-13(20-17)11-22-10-8-14(12-22)23-16-6-4-3-5-15(16)18/h3-7,9,14H,8,10-12H2,1-2H3. The summed E-state index contributed by atoms with van der Waals surface area (Å²) < 4.78 is 6.02. The van der Waals surface area contributed by atoms with Gasteiger partial charge < -0.3 is 9.64 Å². The number of ether oxygens (including phenoxy) is 1. The van der Waals surface area contributed by atoms with E-state index in [-0.39, 0.29) is 6.10 Å². The van der Waals surface area contributed by atoms with Crippen molar-refractivity contribution >= 4 is 17.5 Å². The van der Waals surface area contributed by atoms with Gasteiger partial charge in [-0.1, -0.05) is 23.7 Å². The molecule has 1 saturated heterocycles. The average Bonchev–Trinajstić information content (AvgIpc) is 2.97. The van der Waals surface area contributed by atoms with Crippen molar-refractivity contribution in [2.24, 2.45) is 0 Å². The fraction of sp³-hybridized carbons (Fsp3) is 0.412. The Morgan fingerprint density at radius 1 is 1.30 bits per heavy atom. The highest BCUT2D eigenvalue weighted by Crippen LogP contribution is 2.26. The first-order valence-electron chi connectivity index (χ1n) is 7.74. The lowest BCUT2D eigenvalue weighted by molar-refractivity contribution is 0.198. The van der Waals surface area contributed by atoms with Gasteiger partial charge in [0.15, 0.2) is 0 Å². The van der Waals surface area contributed by atoms with Crippen molar-refractivity contribution in [2.75, 3.05) is 32.1 Å². The molecule has 5 nitrogen and oxygen atoms in total. The molecule has 0 bridgehead atoms. The molecule has 1 aliphatic rings. The van der Waals surface area contributed by atoms with Gasteiger partial charge >= 0.3 is 0 Å². The van der Waals surface area contributed by atoms with E-state index in [0.717, 1.165) is 43.4 Å². The topological polar surface area (TPSA) is 41.5 Å². The maximum atomic E-state index is 6.16.